The van der Waals surface area contributed by atoms with Gasteiger partial charge in [-0.15, -0.1) is 0 Å². The van der Waals surface area contributed by atoms with Crippen LogP contribution in [0, 0.1) is 11.8 Å². The summed E-state index contributed by atoms with van der Waals surface area (Å²) in [5.41, 5.74) is 2.47. The molecular formula is C37H45ClFN7O4. The second-order valence-electron chi connectivity index (χ2n) is 13.8. The summed E-state index contributed by atoms with van der Waals surface area (Å²) in [6.07, 6.45) is 5.08. The number of hydrogen-bond acceptors (Lipinski definition) is 6. The molecule has 3 atom stereocenters. The number of nitrogens with one attached hydrogen (secondary N) is 4. The highest BCUT2D eigenvalue weighted by Gasteiger charge is 2.45. The van der Waals surface area contributed by atoms with Gasteiger partial charge in [-0.3, -0.25) is 19.1 Å². The number of ether oxygens (including phenoxy) is 1. The Kier molecular flexibility index (Phi) is 10.9. The lowest BCUT2D eigenvalue weighted by molar-refractivity contribution is -0.136. The number of halogens is 2. The minimum atomic E-state index is -0.959. The molecule has 13 heteroatoms. The molecule has 1 saturated heterocycles. The Morgan fingerprint density at radius 1 is 1.10 bits per heavy atom. The Labute approximate surface area is 296 Å². The van der Waals surface area contributed by atoms with E-state index in [9.17, 15) is 18.8 Å². The van der Waals surface area contributed by atoms with Crippen LogP contribution < -0.4 is 16.0 Å². The number of fused-ring (bicyclic) bond motifs is 1. The summed E-state index contributed by atoms with van der Waals surface area (Å²) in [5, 5.41) is 13.7. The highest BCUT2D eigenvalue weighted by atomic mass is 35.5. The molecule has 1 saturated carbocycles. The van der Waals surface area contributed by atoms with Crippen LogP contribution in [0.25, 0.3) is 11.0 Å². The van der Waals surface area contributed by atoms with Gasteiger partial charge in [0, 0.05) is 43.9 Å². The molecule has 1 aliphatic carbocycles. The van der Waals surface area contributed by atoms with Gasteiger partial charge in [-0.05, 0) is 72.9 Å². The van der Waals surface area contributed by atoms with Gasteiger partial charge in [0.15, 0.2) is 0 Å². The quantitative estimate of drug-likeness (QED) is 0.149. The minimum absolute atomic E-state index is 0.0114. The van der Waals surface area contributed by atoms with Crippen LogP contribution >= 0.6 is 11.6 Å². The fourth-order valence-electron chi connectivity index (χ4n) is 7.38. The molecule has 2 aromatic heterocycles. The third kappa shape index (κ3) is 7.14. The Hall–Kier alpha value is -4.29. The number of aromatic amines is 1. The predicted octanol–water partition coefficient (Wildman–Crippen LogP) is 5.28. The molecule has 1 aliphatic heterocycles. The monoisotopic (exact) mass is 705 g/mol. The maximum atomic E-state index is 14.3. The van der Waals surface area contributed by atoms with E-state index in [1.54, 1.807) is 19.3 Å². The number of hydrogen-bond donors (Lipinski definition) is 4. The van der Waals surface area contributed by atoms with Crippen molar-refractivity contribution >= 4 is 40.4 Å². The molecule has 0 bridgehead atoms. The maximum Gasteiger partial charge on any atom is 0.270 e. The van der Waals surface area contributed by atoms with Gasteiger partial charge in [0.1, 0.15) is 24.2 Å². The zero-order valence-electron chi connectivity index (χ0n) is 28.7. The number of imidazole rings is 1. The number of nitrogens with zero attached hydrogens (tertiary/aromatic N) is 3. The van der Waals surface area contributed by atoms with Gasteiger partial charge in [-0.2, -0.15) is 5.10 Å². The van der Waals surface area contributed by atoms with E-state index in [1.807, 2.05) is 42.5 Å². The molecule has 4 N–H and O–H groups in total. The first kappa shape index (κ1) is 35.5. The molecule has 2 aliphatic rings. The summed E-state index contributed by atoms with van der Waals surface area (Å²) < 4.78 is 20.1. The molecule has 3 heterocycles. The number of aromatic nitrogens is 4. The Morgan fingerprint density at radius 3 is 2.50 bits per heavy atom. The highest BCUT2D eigenvalue weighted by molar-refractivity contribution is 6.31. The van der Waals surface area contributed by atoms with Crippen molar-refractivity contribution < 1.29 is 23.5 Å². The fraction of sp³-hybridized carbons (Fsp3) is 0.486. The third-order valence-corrected chi connectivity index (χ3v) is 10.7. The number of carbonyl (C=O) groups excluding carboxylic acids is 3. The Balaban J connectivity index is 1.37. The normalized spacial score (nSPS) is 17.9. The van der Waals surface area contributed by atoms with Crippen LogP contribution in [0.2, 0.25) is 5.02 Å². The number of aryl methyl sites for hydroxylation is 1. The first-order valence-corrected chi connectivity index (χ1v) is 17.8. The Morgan fingerprint density at radius 2 is 1.86 bits per heavy atom. The summed E-state index contributed by atoms with van der Waals surface area (Å²) in [5.74, 6) is -0.543. The number of rotatable bonds is 13. The van der Waals surface area contributed by atoms with E-state index in [0.717, 1.165) is 35.9 Å². The molecule has 0 radical (unpaired) electrons. The number of H-pyrrole nitrogens is 1. The number of alkyl halides is 1. The molecule has 4 aromatic rings. The van der Waals surface area contributed by atoms with Gasteiger partial charge in [0.2, 0.25) is 11.8 Å². The molecule has 6 rings (SSSR count). The van der Waals surface area contributed by atoms with E-state index < -0.39 is 24.2 Å². The topological polar surface area (TPSA) is 143 Å². The van der Waals surface area contributed by atoms with Crippen molar-refractivity contribution in [2.24, 2.45) is 18.9 Å². The van der Waals surface area contributed by atoms with Crippen molar-refractivity contribution in [3.05, 3.63) is 82.4 Å². The van der Waals surface area contributed by atoms with Gasteiger partial charge in [0.25, 0.3) is 5.91 Å². The zero-order chi connectivity index (χ0) is 35.4. The molecule has 2 aromatic carbocycles. The lowest BCUT2D eigenvalue weighted by Crippen LogP contribution is -2.58. The molecule has 50 heavy (non-hydrogen) atoms. The summed E-state index contributed by atoms with van der Waals surface area (Å²) in [4.78, 5) is 49.5. The lowest BCUT2D eigenvalue weighted by Gasteiger charge is -2.40. The van der Waals surface area contributed by atoms with Crippen LogP contribution in [0.5, 0.6) is 0 Å². The predicted molar refractivity (Wildman–Crippen MR) is 189 cm³/mol. The average molecular weight is 706 g/mol. The van der Waals surface area contributed by atoms with Gasteiger partial charge in [-0.1, -0.05) is 56.1 Å². The summed E-state index contributed by atoms with van der Waals surface area (Å²) in [7, 11) is 1.72. The second-order valence-corrected chi connectivity index (χ2v) is 14.2. The van der Waals surface area contributed by atoms with Crippen molar-refractivity contribution in [1.82, 2.24) is 35.7 Å². The number of amides is 3. The molecule has 0 spiro atoms. The maximum absolute atomic E-state index is 14.3. The first-order valence-electron chi connectivity index (χ1n) is 17.4. The molecular weight excluding hydrogens is 661 g/mol. The van der Waals surface area contributed by atoms with Crippen molar-refractivity contribution in [2.45, 2.75) is 69.4 Å². The summed E-state index contributed by atoms with van der Waals surface area (Å²) in [6.45, 7) is 4.17. The van der Waals surface area contributed by atoms with Gasteiger partial charge >= 0.3 is 0 Å². The zero-order valence-corrected chi connectivity index (χ0v) is 29.4. The van der Waals surface area contributed by atoms with Crippen LogP contribution in [-0.2, 0) is 26.8 Å². The standard InChI is InChI=1S/C37H45ClFN7O4/c1-22(2)30(25-9-4-5-10-26(25)38)32(44-34(47)29-13-17-41-46(29)3)33-42-27-12-11-24(21-28(27)43-33)37(14-19-50-20-15-37)36(49)45-31(23-7-6-8-23)35(48)40-18-16-39/h4-5,9-13,17,21-23,30-32H,6-8,14-16,18-20H2,1-3H3,(H,40,48)(H,42,43)(H,44,47)(H,45,49)/t30-,31+,32-/m0/s1. The molecule has 3 amide bonds. The number of benzene rings is 2. The molecule has 2 fully saturated rings. The lowest BCUT2D eigenvalue weighted by atomic mass is 9.72. The van der Waals surface area contributed by atoms with Crippen molar-refractivity contribution in [3.63, 3.8) is 0 Å². The SMILES string of the molecule is CC(C)[C@@H](c1ccccc1Cl)[C@H](NC(=O)c1ccnn1C)c1nc2cc(C3(C(=O)N[C@@H](C(=O)NCCF)C4CCC4)CCOCC3)ccc2[nH]1. The van der Waals surface area contributed by atoms with Gasteiger partial charge < -0.3 is 25.7 Å². The fourth-order valence-corrected chi connectivity index (χ4v) is 7.64. The van der Waals surface area contributed by atoms with E-state index in [1.165, 1.54) is 4.68 Å². The Bertz CT molecular complexity index is 1830. The second kappa shape index (κ2) is 15.3. The van der Waals surface area contributed by atoms with Crippen molar-refractivity contribution in [3.8, 4) is 0 Å². The van der Waals surface area contributed by atoms with Crippen molar-refractivity contribution in [1.29, 1.82) is 0 Å². The van der Waals surface area contributed by atoms with Crippen LogP contribution in [0.15, 0.2) is 54.7 Å². The van der Waals surface area contributed by atoms with Crippen LogP contribution in [0.3, 0.4) is 0 Å². The highest BCUT2D eigenvalue weighted by Crippen LogP contribution is 2.41. The average Bonchev–Trinajstić information content (AvgIpc) is 3.72. The van der Waals surface area contributed by atoms with Gasteiger partial charge in [-0.25, -0.2) is 9.37 Å². The molecule has 266 valence electrons. The van der Waals surface area contributed by atoms with Gasteiger partial charge in [0.05, 0.1) is 22.5 Å². The minimum Gasteiger partial charge on any atom is -0.381 e. The van der Waals surface area contributed by atoms with E-state index in [2.05, 4.69) is 39.9 Å². The first-order chi connectivity index (χ1) is 24.1. The van der Waals surface area contributed by atoms with Crippen LogP contribution in [0.1, 0.15) is 85.4 Å². The number of carbonyl (C=O) groups is 3. The summed E-state index contributed by atoms with van der Waals surface area (Å²) >= 11 is 6.75. The van der Waals surface area contributed by atoms with Crippen LogP contribution in [-0.4, -0.2) is 69.9 Å². The van der Waals surface area contributed by atoms with Crippen molar-refractivity contribution in [2.75, 3.05) is 26.4 Å². The van der Waals surface area contributed by atoms with E-state index in [4.69, 9.17) is 21.3 Å². The van der Waals surface area contributed by atoms with E-state index in [0.29, 0.717) is 48.1 Å². The molecule has 0 unspecified atom stereocenters. The smallest absolute Gasteiger partial charge is 0.270 e. The third-order valence-electron chi connectivity index (χ3n) is 10.4. The van der Waals surface area contributed by atoms with E-state index in [-0.39, 0.29) is 42.0 Å². The van der Waals surface area contributed by atoms with Crippen LogP contribution in [0.4, 0.5) is 4.39 Å². The summed E-state index contributed by atoms with van der Waals surface area (Å²) in [6, 6.07) is 13.7. The molecule has 11 nitrogen and oxygen atoms in total. The van der Waals surface area contributed by atoms with E-state index >= 15 is 0 Å². The largest absolute Gasteiger partial charge is 0.381 e.